The average Bonchev–Trinajstić information content (AvgIpc) is 3.04. The van der Waals surface area contributed by atoms with Crippen LogP contribution in [0.15, 0.2) is 41.1 Å². The van der Waals surface area contributed by atoms with E-state index in [-0.39, 0.29) is 17.6 Å². The first-order valence-corrected chi connectivity index (χ1v) is 7.50. The number of rotatable bonds is 4. The van der Waals surface area contributed by atoms with E-state index in [1.165, 1.54) is 18.0 Å². The summed E-state index contributed by atoms with van der Waals surface area (Å²) in [6.45, 7) is 2.73. The average molecular weight is 305 g/mol. The van der Waals surface area contributed by atoms with Crippen LogP contribution in [0.2, 0.25) is 5.02 Å². The molecule has 2 aromatic rings. The number of hydrogen-bond donors (Lipinski definition) is 0. The summed E-state index contributed by atoms with van der Waals surface area (Å²) in [6.07, 6.45) is 4.68. The molecule has 1 aromatic heterocycles. The molecule has 110 valence electrons. The van der Waals surface area contributed by atoms with Gasteiger partial charge in [0.2, 0.25) is 5.78 Å². The highest BCUT2D eigenvalue weighted by molar-refractivity contribution is 6.30. The minimum atomic E-state index is 0.0325. The lowest BCUT2D eigenvalue weighted by Crippen LogP contribution is -2.36. The Kier molecular flexibility index (Phi) is 4.36. The zero-order valence-electron chi connectivity index (χ0n) is 11.7. The van der Waals surface area contributed by atoms with Crippen LogP contribution in [0.4, 0.5) is 0 Å². The lowest BCUT2D eigenvalue weighted by Gasteiger charge is -2.30. The molecule has 0 spiro atoms. The van der Waals surface area contributed by atoms with Crippen LogP contribution in [0, 0.1) is 5.92 Å². The highest BCUT2D eigenvalue weighted by Gasteiger charge is 2.28. The summed E-state index contributed by atoms with van der Waals surface area (Å²) in [6, 6.07) is 7.92. The molecule has 3 rings (SSSR count). The number of Topliss-reactive ketones (excluding diaryl/α,β-unsaturated/α-hetero) is 1. The normalized spacial score (nSPS) is 17.0. The third-order valence-corrected chi connectivity index (χ3v) is 4.17. The van der Waals surface area contributed by atoms with Gasteiger partial charge in [0.1, 0.15) is 6.26 Å². The minimum Gasteiger partial charge on any atom is -0.442 e. The van der Waals surface area contributed by atoms with Gasteiger partial charge in [0, 0.05) is 17.5 Å². The van der Waals surface area contributed by atoms with Crippen LogP contribution in [-0.4, -0.2) is 28.8 Å². The van der Waals surface area contributed by atoms with Crippen LogP contribution < -0.4 is 0 Å². The summed E-state index contributed by atoms with van der Waals surface area (Å²) in [4.78, 5) is 18.5. The van der Waals surface area contributed by atoms with E-state index in [0.717, 1.165) is 37.5 Å². The number of halogens is 1. The minimum absolute atomic E-state index is 0.0325. The van der Waals surface area contributed by atoms with E-state index in [1.807, 2.05) is 24.3 Å². The van der Waals surface area contributed by atoms with Crippen LogP contribution in [0.25, 0.3) is 0 Å². The molecule has 0 amide bonds. The second-order valence-electron chi connectivity index (χ2n) is 5.38. The summed E-state index contributed by atoms with van der Waals surface area (Å²) in [5.74, 6) is 0.308. The Hall–Kier alpha value is -1.65. The number of likely N-dealkylation sites (tertiary alicyclic amines) is 1. The first-order valence-electron chi connectivity index (χ1n) is 7.13. The van der Waals surface area contributed by atoms with Gasteiger partial charge in [-0.2, -0.15) is 0 Å². The number of nitrogens with zero attached hydrogens (tertiary/aromatic N) is 2. The monoisotopic (exact) mass is 304 g/mol. The van der Waals surface area contributed by atoms with Crippen LogP contribution in [0.1, 0.15) is 29.1 Å². The fourth-order valence-electron chi connectivity index (χ4n) is 2.72. The summed E-state index contributed by atoms with van der Waals surface area (Å²) in [7, 11) is 0. The van der Waals surface area contributed by atoms with Crippen LogP contribution in [0.5, 0.6) is 0 Å². The second-order valence-corrected chi connectivity index (χ2v) is 5.81. The maximum absolute atomic E-state index is 12.2. The van der Waals surface area contributed by atoms with Crippen molar-refractivity contribution in [2.45, 2.75) is 19.4 Å². The van der Waals surface area contributed by atoms with E-state index in [0.29, 0.717) is 0 Å². The molecule has 1 fully saturated rings. The Morgan fingerprint density at radius 1 is 1.29 bits per heavy atom. The number of aromatic nitrogens is 1. The summed E-state index contributed by atoms with van der Waals surface area (Å²) in [5.41, 5.74) is 1.25. The van der Waals surface area contributed by atoms with Crippen molar-refractivity contribution in [1.82, 2.24) is 9.88 Å². The van der Waals surface area contributed by atoms with Crippen molar-refractivity contribution in [3.05, 3.63) is 53.2 Å². The molecule has 0 radical (unpaired) electrons. The quantitative estimate of drug-likeness (QED) is 0.812. The number of hydrogen-bond acceptors (Lipinski definition) is 4. The molecule has 1 aliphatic rings. The van der Waals surface area contributed by atoms with Gasteiger partial charge in [0.05, 0.1) is 6.20 Å². The van der Waals surface area contributed by atoms with E-state index in [4.69, 9.17) is 16.0 Å². The van der Waals surface area contributed by atoms with Crippen molar-refractivity contribution < 1.29 is 9.21 Å². The van der Waals surface area contributed by atoms with E-state index < -0.39 is 0 Å². The van der Waals surface area contributed by atoms with Gasteiger partial charge < -0.3 is 4.42 Å². The Bertz CT molecular complexity index is 587. The SMILES string of the molecule is O=C(c1ncco1)C1CCN(Cc2ccc(Cl)cc2)CC1. The number of piperidine rings is 1. The molecule has 4 nitrogen and oxygen atoms in total. The molecule has 0 unspecified atom stereocenters. The molecule has 0 atom stereocenters. The number of oxazole rings is 1. The Morgan fingerprint density at radius 3 is 2.62 bits per heavy atom. The maximum Gasteiger partial charge on any atom is 0.263 e. The van der Waals surface area contributed by atoms with Crippen molar-refractivity contribution in [2.75, 3.05) is 13.1 Å². The predicted octanol–water partition coefficient (Wildman–Crippen LogP) is 3.42. The first-order chi connectivity index (χ1) is 10.2. The Morgan fingerprint density at radius 2 is 2.00 bits per heavy atom. The van der Waals surface area contributed by atoms with E-state index in [2.05, 4.69) is 9.88 Å². The number of carbonyl (C=O) groups excluding carboxylic acids is 1. The summed E-state index contributed by atoms with van der Waals surface area (Å²) in [5, 5.41) is 0.758. The lowest BCUT2D eigenvalue weighted by molar-refractivity contribution is 0.0799. The van der Waals surface area contributed by atoms with Gasteiger partial charge in [-0.1, -0.05) is 23.7 Å². The van der Waals surface area contributed by atoms with E-state index in [9.17, 15) is 4.79 Å². The zero-order chi connectivity index (χ0) is 14.7. The van der Waals surface area contributed by atoms with Crippen LogP contribution >= 0.6 is 11.6 Å². The second kappa shape index (κ2) is 6.41. The van der Waals surface area contributed by atoms with Gasteiger partial charge in [-0.05, 0) is 43.6 Å². The standard InChI is InChI=1S/C16H17ClN2O2/c17-14-3-1-12(2-4-14)11-19-8-5-13(6-9-19)15(20)16-18-7-10-21-16/h1-4,7,10,13H,5-6,8-9,11H2. The highest BCUT2D eigenvalue weighted by Crippen LogP contribution is 2.22. The van der Waals surface area contributed by atoms with Crippen molar-refractivity contribution in [1.29, 1.82) is 0 Å². The molecule has 1 saturated heterocycles. The van der Waals surface area contributed by atoms with Gasteiger partial charge in [-0.25, -0.2) is 4.98 Å². The van der Waals surface area contributed by atoms with Crippen molar-refractivity contribution in [3.8, 4) is 0 Å². The van der Waals surface area contributed by atoms with Crippen molar-refractivity contribution in [3.63, 3.8) is 0 Å². The molecular formula is C16H17ClN2O2. The topological polar surface area (TPSA) is 46.3 Å². The molecule has 21 heavy (non-hydrogen) atoms. The number of ketones is 1. The molecule has 1 aliphatic heterocycles. The number of benzene rings is 1. The van der Waals surface area contributed by atoms with Gasteiger partial charge in [-0.15, -0.1) is 0 Å². The first kappa shape index (κ1) is 14.3. The molecule has 1 aromatic carbocycles. The lowest BCUT2D eigenvalue weighted by atomic mass is 9.92. The summed E-state index contributed by atoms with van der Waals surface area (Å²) < 4.78 is 5.10. The van der Waals surface area contributed by atoms with Crippen molar-refractivity contribution in [2.24, 2.45) is 5.92 Å². The highest BCUT2D eigenvalue weighted by atomic mass is 35.5. The largest absolute Gasteiger partial charge is 0.442 e. The molecule has 5 heteroatoms. The molecule has 0 aliphatic carbocycles. The van der Waals surface area contributed by atoms with Gasteiger partial charge in [0.25, 0.3) is 5.89 Å². The van der Waals surface area contributed by atoms with Crippen LogP contribution in [-0.2, 0) is 6.54 Å². The molecule has 0 N–H and O–H groups in total. The fourth-order valence-corrected chi connectivity index (χ4v) is 2.85. The van der Waals surface area contributed by atoms with Gasteiger partial charge in [0.15, 0.2) is 0 Å². The predicted molar refractivity (Wildman–Crippen MR) is 80.3 cm³/mol. The third-order valence-electron chi connectivity index (χ3n) is 3.92. The smallest absolute Gasteiger partial charge is 0.263 e. The van der Waals surface area contributed by atoms with Gasteiger partial charge >= 0.3 is 0 Å². The zero-order valence-corrected chi connectivity index (χ0v) is 12.4. The van der Waals surface area contributed by atoms with E-state index >= 15 is 0 Å². The van der Waals surface area contributed by atoms with Crippen molar-refractivity contribution >= 4 is 17.4 Å². The fraction of sp³-hybridized carbons (Fsp3) is 0.375. The Labute approximate surface area is 128 Å². The Balaban J connectivity index is 1.53. The molecular weight excluding hydrogens is 288 g/mol. The van der Waals surface area contributed by atoms with E-state index in [1.54, 1.807) is 0 Å². The molecule has 0 bridgehead atoms. The molecule has 2 heterocycles. The number of carbonyl (C=O) groups is 1. The van der Waals surface area contributed by atoms with Gasteiger partial charge in [-0.3, -0.25) is 9.69 Å². The van der Waals surface area contributed by atoms with Crippen LogP contribution in [0.3, 0.4) is 0 Å². The third kappa shape index (κ3) is 3.52. The maximum atomic E-state index is 12.2. The molecule has 0 saturated carbocycles. The summed E-state index contributed by atoms with van der Waals surface area (Å²) >= 11 is 5.89.